The maximum Gasteiger partial charge on any atom is 0.285 e. The smallest absolute Gasteiger partial charge is 0.285 e. The zero-order chi connectivity index (χ0) is 16.6. The van der Waals surface area contributed by atoms with Crippen LogP contribution in [0.1, 0.15) is 5.56 Å². The van der Waals surface area contributed by atoms with E-state index in [-0.39, 0.29) is 0 Å². The van der Waals surface area contributed by atoms with Gasteiger partial charge in [0.15, 0.2) is 5.84 Å². The molecule has 2 aliphatic rings. The molecule has 0 aliphatic carbocycles. The van der Waals surface area contributed by atoms with Crippen molar-refractivity contribution in [2.45, 2.75) is 11.4 Å². The molecule has 24 heavy (non-hydrogen) atoms. The molecule has 2 aliphatic heterocycles. The van der Waals surface area contributed by atoms with Crippen LogP contribution in [-0.4, -0.2) is 71.8 Å². The van der Waals surface area contributed by atoms with Crippen LogP contribution in [-0.2, 0) is 16.6 Å². The Morgan fingerprint density at radius 3 is 2.58 bits per heavy atom. The average molecular weight is 346 g/mol. The predicted octanol–water partition coefficient (Wildman–Crippen LogP) is 0.0448. The van der Waals surface area contributed by atoms with Gasteiger partial charge in [-0.1, -0.05) is 17.3 Å². The Morgan fingerprint density at radius 2 is 1.83 bits per heavy atom. The first kappa shape index (κ1) is 15.3. The van der Waals surface area contributed by atoms with E-state index in [0.29, 0.717) is 16.3 Å². The Hall–Kier alpha value is -2.26. The molecule has 0 radical (unpaired) electrons. The van der Waals surface area contributed by atoms with Crippen molar-refractivity contribution in [3.05, 3.63) is 42.2 Å². The minimum atomic E-state index is -3.54. The predicted molar refractivity (Wildman–Crippen MR) is 88.2 cm³/mol. The van der Waals surface area contributed by atoms with E-state index >= 15 is 0 Å². The normalized spacial score (nSPS) is 20.0. The summed E-state index contributed by atoms with van der Waals surface area (Å²) in [4.78, 5) is 4.72. The van der Waals surface area contributed by atoms with Gasteiger partial charge in [-0.2, -0.15) is 8.42 Å². The van der Waals surface area contributed by atoms with Crippen molar-refractivity contribution in [1.29, 1.82) is 0 Å². The minimum absolute atomic E-state index is 0.314. The van der Waals surface area contributed by atoms with Gasteiger partial charge in [-0.05, 0) is 12.1 Å². The maximum absolute atomic E-state index is 12.2. The molecule has 0 amide bonds. The monoisotopic (exact) mass is 346 g/mol. The van der Waals surface area contributed by atoms with Gasteiger partial charge in [0.1, 0.15) is 4.90 Å². The van der Waals surface area contributed by atoms with Gasteiger partial charge >= 0.3 is 0 Å². The zero-order valence-electron chi connectivity index (χ0n) is 13.1. The first-order valence-electron chi connectivity index (χ1n) is 7.89. The number of rotatable bonds is 3. The van der Waals surface area contributed by atoms with E-state index < -0.39 is 10.0 Å². The molecule has 0 unspecified atom stereocenters. The summed E-state index contributed by atoms with van der Waals surface area (Å²) < 4.78 is 30.1. The topological polar surface area (TPSA) is 83.7 Å². The van der Waals surface area contributed by atoms with Gasteiger partial charge in [0.2, 0.25) is 0 Å². The Morgan fingerprint density at radius 1 is 1.04 bits per heavy atom. The number of sulfonamides is 1. The summed E-state index contributed by atoms with van der Waals surface area (Å²) in [6.45, 7) is 4.97. The van der Waals surface area contributed by atoms with E-state index in [4.69, 9.17) is 0 Å². The maximum atomic E-state index is 12.2. The third-order valence-corrected chi connectivity index (χ3v) is 5.73. The molecule has 3 heterocycles. The number of hydrogen-bond donors (Lipinski definition) is 0. The number of aromatic nitrogens is 3. The molecule has 1 fully saturated rings. The van der Waals surface area contributed by atoms with E-state index in [9.17, 15) is 8.42 Å². The summed E-state index contributed by atoms with van der Waals surface area (Å²) in [7, 11) is -3.54. The van der Waals surface area contributed by atoms with Crippen LogP contribution in [0.3, 0.4) is 0 Å². The van der Waals surface area contributed by atoms with Crippen LogP contribution < -0.4 is 0 Å². The van der Waals surface area contributed by atoms with Gasteiger partial charge in [0, 0.05) is 44.5 Å². The van der Waals surface area contributed by atoms with Crippen LogP contribution in [0.5, 0.6) is 0 Å². The Balaban J connectivity index is 1.41. The first-order chi connectivity index (χ1) is 11.6. The molecule has 0 N–H and O–H groups in total. The molecule has 4 rings (SSSR count). The fraction of sp³-hybridized carbons (Fsp3) is 0.400. The van der Waals surface area contributed by atoms with Gasteiger partial charge in [-0.15, -0.1) is 9.50 Å². The van der Waals surface area contributed by atoms with Gasteiger partial charge in [-0.25, -0.2) is 0 Å². The Labute approximate surface area is 140 Å². The largest absolute Gasteiger partial charge is 0.353 e. The Kier molecular flexibility index (Phi) is 3.81. The third kappa shape index (κ3) is 2.80. The van der Waals surface area contributed by atoms with Gasteiger partial charge in [0.05, 0.1) is 12.7 Å². The van der Waals surface area contributed by atoms with Crippen LogP contribution >= 0.6 is 0 Å². The summed E-state index contributed by atoms with van der Waals surface area (Å²) in [5.74, 6) is 0.585. The zero-order valence-corrected chi connectivity index (χ0v) is 13.9. The van der Waals surface area contributed by atoms with Crippen LogP contribution in [0, 0.1) is 0 Å². The van der Waals surface area contributed by atoms with E-state index in [0.717, 1.165) is 39.3 Å². The molecule has 126 valence electrons. The lowest BCUT2D eigenvalue weighted by molar-refractivity contribution is 0.175. The number of piperazine rings is 1. The lowest BCUT2D eigenvalue weighted by Gasteiger charge is -2.35. The highest BCUT2D eigenvalue weighted by Gasteiger charge is 2.32. The molecule has 0 atom stereocenters. The molecule has 2 aromatic rings. The lowest BCUT2D eigenvalue weighted by atomic mass is 10.1. The third-order valence-electron chi connectivity index (χ3n) is 4.40. The summed E-state index contributed by atoms with van der Waals surface area (Å²) in [6.07, 6.45) is 3.53. The van der Waals surface area contributed by atoms with Crippen LogP contribution in [0.25, 0.3) is 0 Å². The molecule has 0 bridgehead atoms. The van der Waals surface area contributed by atoms with Gasteiger partial charge in [0.25, 0.3) is 10.0 Å². The fourth-order valence-electron chi connectivity index (χ4n) is 3.10. The van der Waals surface area contributed by atoms with Crippen LogP contribution in [0.4, 0.5) is 0 Å². The quantitative estimate of drug-likeness (QED) is 0.781. The molecular weight excluding hydrogens is 328 g/mol. The van der Waals surface area contributed by atoms with E-state index in [1.54, 1.807) is 18.3 Å². The average Bonchev–Trinajstić information content (AvgIpc) is 3.20. The van der Waals surface area contributed by atoms with Crippen molar-refractivity contribution in [2.24, 2.45) is 4.40 Å². The van der Waals surface area contributed by atoms with Crippen molar-refractivity contribution in [1.82, 2.24) is 24.8 Å². The number of amidine groups is 1. The SMILES string of the molecule is O=S1(=O)N=C(N2CCN(CCn3ccnn3)CC2)c2ccccc21. The highest BCUT2D eigenvalue weighted by atomic mass is 32.2. The molecule has 1 aromatic carbocycles. The standard InChI is InChI=1S/C15H18N6O2S/c22-24(23)14-4-2-1-3-13(14)15(17-24)20-10-7-19(8-11-20)9-12-21-6-5-16-18-21/h1-6H,7-12H2. The molecular formula is C15H18N6O2S. The van der Waals surface area contributed by atoms with Crippen molar-refractivity contribution >= 4 is 15.9 Å². The first-order valence-corrected chi connectivity index (χ1v) is 9.33. The van der Waals surface area contributed by atoms with Crippen LogP contribution in [0.2, 0.25) is 0 Å². The molecule has 0 spiro atoms. The second-order valence-electron chi connectivity index (χ2n) is 5.88. The van der Waals surface area contributed by atoms with E-state index in [2.05, 4.69) is 24.5 Å². The minimum Gasteiger partial charge on any atom is -0.353 e. The number of fused-ring (bicyclic) bond motifs is 1. The number of nitrogens with zero attached hydrogens (tertiary/aromatic N) is 6. The summed E-state index contributed by atoms with van der Waals surface area (Å²) in [6, 6.07) is 7.03. The lowest BCUT2D eigenvalue weighted by Crippen LogP contribution is -2.49. The van der Waals surface area contributed by atoms with Crippen molar-refractivity contribution in [2.75, 3.05) is 32.7 Å². The highest BCUT2D eigenvalue weighted by molar-refractivity contribution is 7.90. The van der Waals surface area contributed by atoms with Crippen LogP contribution in [0.15, 0.2) is 46.0 Å². The Bertz CT molecular complexity index is 854. The fourth-order valence-corrected chi connectivity index (χ4v) is 4.32. The second-order valence-corrected chi connectivity index (χ2v) is 7.45. The van der Waals surface area contributed by atoms with Crippen molar-refractivity contribution in [3.8, 4) is 0 Å². The number of benzene rings is 1. The van der Waals surface area contributed by atoms with Crippen molar-refractivity contribution in [3.63, 3.8) is 0 Å². The highest BCUT2D eigenvalue weighted by Crippen LogP contribution is 2.27. The molecule has 1 saturated heterocycles. The molecule has 0 saturated carbocycles. The molecule has 9 heteroatoms. The number of hydrogen-bond acceptors (Lipinski definition) is 6. The summed E-state index contributed by atoms with van der Waals surface area (Å²) in [5, 5.41) is 7.76. The second kappa shape index (κ2) is 5.99. The van der Waals surface area contributed by atoms with Gasteiger partial charge in [-0.3, -0.25) is 9.58 Å². The molecule has 8 nitrogen and oxygen atoms in total. The van der Waals surface area contributed by atoms with Gasteiger partial charge < -0.3 is 4.90 Å². The summed E-state index contributed by atoms with van der Waals surface area (Å²) >= 11 is 0. The van der Waals surface area contributed by atoms with E-state index in [1.807, 2.05) is 23.0 Å². The summed E-state index contributed by atoms with van der Waals surface area (Å²) in [5.41, 5.74) is 0.716. The van der Waals surface area contributed by atoms with E-state index in [1.165, 1.54) is 0 Å². The van der Waals surface area contributed by atoms with Crippen molar-refractivity contribution < 1.29 is 8.42 Å². The molecule has 1 aromatic heterocycles.